The molecule has 0 amide bonds. The summed E-state index contributed by atoms with van der Waals surface area (Å²) in [4.78, 5) is 0. The van der Waals surface area contributed by atoms with Crippen LogP contribution in [0.15, 0.2) is 11.6 Å². The summed E-state index contributed by atoms with van der Waals surface area (Å²) < 4.78 is 18.0. The topological polar surface area (TPSA) is 27.7 Å². The Morgan fingerprint density at radius 3 is 2.36 bits per heavy atom. The van der Waals surface area contributed by atoms with E-state index in [0.717, 1.165) is 48.3 Å². The number of hydrogen-bond donors (Lipinski definition) is 0. The van der Waals surface area contributed by atoms with Crippen molar-refractivity contribution in [1.82, 2.24) is 0 Å². The zero-order valence-electron chi connectivity index (χ0n) is 24.4. The third-order valence-corrected chi connectivity index (χ3v) is 13.7. The van der Waals surface area contributed by atoms with Crippen LogP contribution in [0.2, 0.25) is 0 Å². The van der Waals surface area contributed by atoms with E-state index >= 15 is 0 Å². The smallest absolute Gasteiger partial charge is 0.309 e. The van der Waals surface area contributed by atoms with Gasteiger partial charge in [0.05, 0.1) is 19.3 Å². The molecule has 0 aromatic carbocycles. The average molecular weight is 539 g/mol. The Hall–Kier alpha value is 0.270. The maximum atomic E-state index is 6.40. The lowest BCUT2D eigenvalue weighted by atomic mass is 9.47. The van der Waals surface area contributed by atoms with Gasteiger partial charge < -0.3 is 13.6 Å². The standard InChI is InChI=1S/C31H55O3PS/c1-8-32-35(36,33-9-2)34-25-17-19-30(6)24(21-25)13-14-26-28-16-15-27(23(5)12-10-11-22(3)4)31(28,7)20-18-29(26)30/h13,22-23,25-29H,8-12,14-21H2,1-7H3/t23-,25+,26+,27?,28+,29+,30+,31-/m1/s1. The molecule has 208 valence electrons. The second-order valence-corrected chi connectivity index (χ2v) is 16.5. The van der Waals surface area contributed by atoms with Crippen LogP contribution in [0.5, 0.6) is 0 Å². The molecule has 4 aliphatic rings. The van der Waals surface area contributed by atoms with E-state index in [0.29, 0.717) is 24.0 Å². The average Bonchev–Trinajstić information content (AvgIpc) is 3.16. The first-order valence-electron chi connectivity index (χ1n) is 15.3. The molecule has 0 bridgehead atoms. The van der Waals surface area contributed by atoms with Gasteiger partial charge in [0.15, 0.2) is 0 Å². The van der Waals surface area contributed by atoms with E-state index in [9.17, 15) is 0 Å². The third kappa shape index (κ3) is 5.74. The lowest BCUT2D eigenvalue weighted by Gasteiger charge is -2.58. The first-order valence-corrected chi connectivity index (χ1v) is 17.9. The van der Waals surface area contributed by atoms with Crippen LogP contribution in [0.3, 0.4) is 0 Å². The monoisotopic (exact) mass is 538 g/mol. The van der Waals surface area contributed by atoms with Crippen molar-refractivity contribution in [2.45, 2.75) is 125 Å². The largest absolute Gasteiger partial charge is 0.327 e. The van der Waals surface area contributed by atoms with Crippen molar-refractivity contribution in [3.8, 4) is 0 Å². The second kappa shape index (κ2) is 11.8. The molecule has 0 heterocycles. The van der Waals surface area contributed by atoms with Gasteiger partial charge in [0.25, 0.3) is 0 Å². The highest BCUT2D eigenvalue weighted by molar-refractivity contribution is 8.07. The SMILES string of the molecule is CCOP(=S)(OCC)O[C@H]1CC[C@@]2(C)C(=CC[C@@H]3[C@@H]2CC[C@]2(C)C([C@H](C)CCCC(C)C)CC[C@@H]32)C1. The van der Waals surface area contributed by atoms with Gasteiger partial charge in [-0.05, 0) is 123 Å². The lowest BCUT2D eigenvalue weighted by Crippen LogP contribution is -2.51. The van der Waals surface area contributed by atoms with Gasteiger partial charge >= 0.3 is 6.72 Å². The lowest BCUT2D eigenvalue weighted by molar-refractivity contribution is -0.0568. The van der Waals surface area contributed by atoms with Crippen molar-refractivity contribution in [2.75, 3.05) is 13.2 Å². The van der Waals surface area contributed by atoms with Crippen LogP contribution in [-0.2, 0) is 25.4 Å². The van der Waals surface area contributed by atoms with Crippen molar-refractivity contribution in [3.63, 3.8) is 0 Å². The van der Waals surface area contributed by atoms with Crippen molar-refractivity contribution >= 4 is 18.5 Å². The van der Waals surface area contributed by atoms with E-state index in [-0.39, 0.29) is 6.10 Å². The Kier molecular flexibility index (Phi) is 9.58. The van der Waals surface area contributed by atoms with Crippen LogP contribution < -0.4 is 0 Å². The van der Waals surface area contributed by atoms with Gasteiger partial charge in [0.1, 0.15) is 0 Å². The zero-order chi connectivity index (χ0) is 26.1. The van der Waals surface area contributed by atoms with E-state index < -0.39 is 6.72 Å². The Labute approximate surface area is 228 Å². The van der Waals surface area contributed by atoms with Gasteiger partial charge in [-0.2, -0.15) is 0 Å². The fraction of sp³-hybridized carbons (Fsp3) is 0.935. The predicted octanol–water partition coefficient (Wildman–Crippen LogP) is 9.71. The summed E-state index contributed by atoms with van der Waals surface area (Å²) in [6, 6.07) is 0. The van der Waals surface area contributed by atoms with Gasteiger partial charge in [-0.3, -0.25) is 0 Å². The normalized spacial score (nSPS) is 39.3. The van der Waals surface area contributed by atoms with E-state index in [2.05, 4.69) is 40.7 Å². The number of hydrogen-bond acceptors (Lipinski definition) is 4. The molecular formula is C31H55O3PS. The van der Waals surface area contributed by atoms with Crippen LogP contribution in [0.1, 0.15) is 119 Å². The molecule has 0 saturated heterocycles. The minimum absolute atomic E-state index is 0.140. The van der Waals surface area contributed by atoms with Crippen molar-refractivity contribution < 1.29 is 13.6 Å². The Bertz CT molecular complexity index is 817. The van der Waals surface area contributed by atoms with Gasteiger partial charge in [0, 0.05) is 0 Å². The maximum absolute atomic E-state index is 6.40. The molecule has 1 unspecified atom stereocenters. The van der Waals surface area contributed by atoms with Crippen LogP contribution in [-0.4, -0.2) is 19.3 Å². The highest BCUT2D eigenvalue weighted by Gasteiger charge is 2.59. The molecule has 0 aromatic heterocycles. The number of rotatable bonds is 11. The second-order valence-electron chi connectivity index (χ2n) is 13.5. The fourth-order valence-corrected chi connectivity index (χ4v) is 11.7. The first kappa shape index (κ1) is 29.3. The summed E-state index contributed by atoms with van der Waals surface area (Å²) in [5, 5.41) is 0. The summed E-state index contributed by atoms with van der Waals surface area (Å²) in [6.07, 6.45) is 17.4. The molecule has 4 rings (SSSR count). The molecule has 0 radical (unpaired) electrons. The molecule has 0 aliphatic heterocycles. The molecule has 3 saturated carbocycles. The molecule has 3 nitrogen and oxygen atoms in total. The van der Waals surface area contributed by atoms with Crippen LogP contribution in [0.4, 0.5) is 0 Å². The summed E-state index contributed by atoms with van der Waals surface area (Å²) in [5.74, 6) is 5.28. The summed E-state index contributed by atoms with van der Waals surface area (Å²) in [7, 11) is 0. The van der Waals surface area contributed by atoms with Crippen molar-refractivity contribution in [3.05, 3.63) is 11.6 Å². The highest BCUT2D eigenvalue weighted by atomic mass is 32.5. The summed E-state index contributed by atoms with van der Waals surface area (Å²) >= 11 is 5.71. The quantitative estimate of drug-likeness (QED) is 0.193. The van der Waals surface area contributed by atoms with Crippen LogP contribution >= 0.6 is 6.72 Å². The Balaban J connectivity index is 1.44. The van der Waals surface area contributed by atoms with Crippen LogP contribution in [0, 0.1) is 46.3 Å². The Morgan fingerprint density at radius 2 is 1.69 bits per heavy atom. The van der Waals surface area contributed by atoms with Gasteiger partial charge in [0.2, 0.25) is 0 Å². The molecule has 3 fully saturated rings. The van der Waals surface area contributed by atoms with Gasteiger partial charge in [-0.1, -0.05) is 65.5 Å². The highest BCUT2D eigenvalue weighted by Crippen LogP contribution is 2.68. The van der Waals surface area contributed by atoms with Gasteiger partial charge in [-0.25, -0.2) is 0 Å². The minimum Gasteiger partial charge on any atom is -0.309 e. The first-order chi connectivity index (χ1) is 17.1. The zero-order valence-corrected chi connectivity index (χ0v) is 26.1. The molecule has 0 spiro atoms. The fourth-order valence-electron chi connectivity index (χ4n) is 9.34. The Morgan fingerprint density at radius 1 is 0.972 bits per heavy atom. The van der Waals surface area contributed by atoms with Gasteiger partial charge in [-0.15, -0.1) is 0 Å². The molecule has 4 aliphatic carbocycles. The maximum Gasteiger partial charge on any atom is 0.327 e. The molecule has 5 heteroatoms. The van der Waals surface area contributed by atoms with Crippen molar-refractivity contribution in [2.24, 2.45) is 46.3 Å². The van der Waals surface area contributed by atoms with Crippen LogP contribution in [0.25, 0.3) is 0 Å². The molecule has 8 atom stereocenters. The third-order valence-electron chi connectivity index (χ3n) is 11.1. The summed E-state index contributed by atoms with van der Waals surface area (Å²) in [5.41, 5.74) is 2.54. The molecular weight excluding hydrogens is 483 g/mol. The van der Waals surface area contributed by atoms with E-state index in [1.54, 1.807) is 5.57 Å². The summed E-state index contributed by atoms with van der Waals surface area (Å²) in [6.45, 7) is 15.0. The van der Waals surface area contributed by atoms with E-state index in [1.807, 2.05) is 13.8 Å². The van der Waals surface area contributed by atoms with Crippen molar-refractivity contribution in [1.29, 1.82) is 0 Å². The molecule has 0 aromatic rings. The molecule has 0 N–H and O–H groups in total. The number of allylic oxidation sites excluding steroid dienone is 1. The number of fused-ring (bicyclic) bond motifs is 5. The van der Waals surface area contributed by atoms with E-state index in [4.69, 9.17) is 25.4 Å². The predicted molar refractivity (Wildman–Crippen MR) is 155 cm³/mol. The van der Waals surface area contributed by atoms with E-state index in [1.165, 1.54) is 57.8 Å². The minimum atomic E-state index is -2.63. The molecule has 36 heavy (non-hydrogen) atoms.